The van der Waals surface area contributed by atoms with Crippen molar-refractivity contribution in [3.8, 4) is 5.75 Å². The highest BCUT2D eigenvalue weighted by Crippen LogP contribution is 2.23. The molecule has 158 valence electrons. The summed E-state index contributed by atoms with van der Waals surface area (Å²) in [6.07, 6.45) is -0.229. The normalized spacial score (nSPS) is 11.4. The van der Waals surface area contributed by atoms with Gasteiger partial charge in [0.15, 0.2) is 0 Å². The Balaban J connectivity index is 1.58. The number of ether oxygens (including phenoxy) is 2. The fourth-order valence-electron chi connectivity index (χ4n) is 2.67. The van der Waals surface area contributed by atoms with E-state index in [1.165, 1.54) is 13.2 Å². The minimum Gasteiger partial charge on any atom is -0.497 e. The van der Waals surface area contributed by atoms with Crippen molar-refractivity contribution in [2.75, 3.05) is 13.7 Å². The highest BCUT2D eigenvalue weighted by molar-refractivity contribution is 7.89. The first kappa shape index (κ1) is 21.5. The molecule has 3 rings (SSSR count). The Hall–Kier alpha value is -3.24. The van der Waals surface area contributed by atoms with Crippen LogP contribution in [-0.4, -0.2) is 28.0 Å². The smallest absolute Gasteiger partial charge is 0.336 e. The zero-order chi connectivity index (χ0) is 21.7. The summed E-state index contributed by atoms with van der Waals surface area (Å²) in [5.74, 6) is -0.710. The average Bonchev–Trinajstić information content (AvgIpc) is 2.71. The zero-order valence-electron chi connectivity index (χ0n) is 15.9. The minimum absolute atomic E-state index is 0.116. The summed E-state index contributed by atoms with van der Waals surface area (Å²) in [4.78, 5) is 23.6. The maximum atomic E-state index is 12.9. The number of sulfonamides is 1. The van der Waals surface area contributed by atoms with Gasteiger partial charge in [0.2, 0.25) is 10.0 Å². The molecule has 8 nitrogen and oxygen atoms in total. The van der Waals surface area contributed by atoms with Crippen LogP contribution in [0.5, 0.6) is 5.75 Å². The van der Waals surface area contributed by atoms with Gasteiger partial charge in [-0.2, -0.15) is 0 Å². The van der Waals surface area contributed by atoms with Gasteiger partial charge in [-0.05, 0) is 36.4 Å². The van der Waals surface area contributed by atoms with Gasteiger partial charge in [0.05, 0.1) is 18.4 Å². The second kappa shape index (κ2) is 9.06. The van der Waals surface area contributed by atoms with Gasteiger partial charge >= 0.3 is 11.6 Å². The molecule has 2 aromatic carbocycles. The maximum Gasteiger partial charge on any atom is 0.336 e. The summed E-state index contributed by atoms with van der Waals surface area (Å²) in [5, 5.41) is 0.584. The number of hydrogen-bond acceptors (Lipinski definition) is 7. The number of carbonyl (C=O) groups excluding carboxylic acids is 1. The minimum atomic E-state index is -3.87. The summed E-state index contributed by atoms with van der Waals surface area (Å²) in [6.45, 7) is -0.384. The molecule has 1 heterocycles. The predicted molar refractivity (Wildman–Crippen MR) is 105 cm³/mol. The van der Waals surface area contributed by atoms with E-state index in [9.17, 15) is 22.4 Å². The van der Waals surface area contributed by atoms with Crippen LogP contribution in [0.2, 0.25) is 0 Å². The Bertz CT molecular complexity index is 1220. The highest BCUT2D eigenvalue weighted by Gasteiger charge is 2.15. The number of nitrogens with one attached hydrogen (secondary N) is 1. The van der Waals surface area contributed by atoms with Gasteiger partial charge in [0, 0.05) is 29.6 Å². The third kappa shape index (κ3) is 5.22. The second-order valence-electron chi connectivity index (χ2n) is 6.22. The molecule has 0 atom stereocenters. The van der Waals surface area contributed by atoms with E-state index in [0.717, 1.165) is 24.3 Å². The first-order valence-corrected chi connectivity index (χ1v) is 10.3. The monoisotopic (exact) mass is 435 g/mol. The fraction of sp³-hybridized carbons (Fsp3) is 0.200. The summed E-state index contributed by atoms with van der Waals surface area (Å²) in [7, 11) is -2.39. The van der Waals surface area contributed by atoms with Gasteiger partial charge in [-0.3, -0.25) is 4.79 Å². The fourth-order valence-corrected chi connectivity index (χ4v) is 3.70. The number of methoxy groups -OCH3 is 1. The van der Waals surface area contributed by atoms with E-state index in [2.05, 4.69) is 4.72 Å². The van der Waals surface area contributed by atoms with Crippen LogP contribution in [0.15, 0.2) is 62.6 Å². The topological polar surface area (TPSA) is 112 Å². The predicted octanol–water partition coefficient (Wildman–Crippen LogP) is 2.35. The average molecular weight is 435 g/mol. The Morgan fingerprint density at radius 3 is 2.57 bits per heavy atom. The molecule has 0 amide bonds. The lowest BCUT2D eigenvalue weighted by atomic mass is 10.1. The lowest BCUT2D eigenvalue weighted by Gasteiger charge is -2.09. The first-order valence-electron chi connectivity index (χ1n) is 8.80. The number of esters is 1. The van der Waals surface area contributed by atoms with Crippen molar-refractivity contribution >= 4 is 27.0 Å². The van der Waals surface area contributed by atoms with Crippen LogP contribution in [0.1, 0.15) is 12.0 Å². The van der Waals surface area contributed by atoms with Crippen molar-refractivity contribution in [1.29, 1.82) is 0 Å². The summed E-state index contributed by atoms with van der Waals surface area (Å²) in [5.41, 5.74) is 0.137. The van der Waals surface area contributed by atoms with E-state index in [-0.39, 0.29) is 24.5 Å². The van der Waals surface area contributed by atoms with Crippen LogP contribution in [0.25, 0.3) is 11.0 Å². The van der Waals surface area contributed by atoms with Gasteiger partial charge in [0.1, 0.15) is 23.8 Å². The van der Waals surface area contributed by atoms with Crippen LogP contribution in [-0.2, 0) is 26.2 Å². The molecule has 10 heteroatoms. The number of halogens is 1. The van der Waals surface area contributed by atoms with Crippen molar-refractivity contribution in [3.63, 3.8) is 0 Å². The zero-order valence-corrected chi connectivity index (χ0v) is 16.7. The van der Waals surface area contributed by atoms with E-state index >= 15 is 0 Å². The van der Waals surface area contributed by atoms with E-state index < -0.39 is 27.4 Å². The number of fused-ring (bicyclic) bond motifs is 1. The summed E-state index contributed by atoms with van der Waals surface area (Å²) in [6, 6.07) is 10.4. The van der Waals surface area contributed by atoms with Crippen LogP contribution in [0, 0.1) is 5.82 Å². The summed E-state index contributed by atoms with van der Waals surface area (Å²) >= 11 is 0. The molecule has 0 radical (unpaired) electrons. The van der Waals surface area contributed by atoms with Crippen molar-refractivity contribution in [2.24, 2.45) is 0 Å². The molecule has 0 aliphatic rings. The molecule has 0 saturated carbocycles. The van der Waals surface area contributed by atoms with Crippen molar-refractivity contribution < 1.29 is 31.5 Å². The molecule has 30 heavy (non-hydrogen) atoms. The molecule has 1 N–H and O–H groups in total. The van der Waals surface area contributed by atoms with E-state index in [1.807, 2.05) is 0 Å². The Morgan fingerprint density at radius 2 is 1.87 bits per heavy atom. The maximum absolute atomic E-state index is 12.9. The SMILES string of the molecule is COc1ccc2c(COC(=O)CCNS(=O)(=O)c3ccc(F)cc3)cc(=O)oc2c1. The van der Waals surface area contributed by atoms with E-state index in [0.29, 0.717) is 22.3 Å². The molecule has 0 saturated heterocycles. The van der Waals surface area contributed by atoms with Crippen molar-refractivity contribution in [1.82, 2.24) is 4.72 Å². The number of carbonyl (C=O) groups is 1. The Kier molecular flexibility index (Phi) is 6.48. The first-order chi connectivity index (χ1) is 14.3. The van der Waals surface area contributed by atoms with Crippen molar-refractivity contribution in [3.05, 3.63) is 70.3 Å². The third-order valence-electron chi connectivity index (χ3n) is 4.17. The number of benzene rings is 2. The lowest BCUT2D eigenvalue weighted by molar-refractivity contribution is -0.144. The molecular formula is C20H18FNO7S. The number of hydrogen-bond donors (Lipinski definition) is 1. The van der Waals surface area contributed by atoms with Gasteiger partial charge < -0.3 is 13.9 Å². The van der Waals surface area contributed by atoms with Gasteiger partial charge in [-0.1, -0.05) is 0 Å². The van der Waals surface area contributed by atoms with Crippen LogP contribution in [0.4, 0.5) is 4.39 Å². The van der Waals surface area contributed by atoms with Crippen LogP contribution < -0.4 is 15.1 Å². The molecular weight excluding hydrogens is 417 g/mol. The van der Waals surface area contributed by atoms with Crippen LogP contribution >= 0.6 is 0 Å². The van der Waals surface area contributed by atoms with Gasteiger partial charge in [-0.15, -0.1) is 0 Å². The number of rotatable bonds is 8. The highest BCUT2D eigenvalue weighted by atomic mass is 32.2. The van der Waals surface area contributed by atoms with Gasteiger partial charge in [-0.25, -0.2) is 22.3 Å². The Labute approximate surface area is 171 Å². The van der Waals surface area contributed by atoms with E-state index in [1.54, 1.807) is 18.2 Å². The molecule has 0 fully saturated rings. The third-order valence-corrected chi connectivity index (χ3v) is 5.65. The molecule has 0 spiro atoms. The standard InChI is InChI=1S/C20H18FNO7S/c1-27-15-4-7-17-13(10-20(24)29-18(17)11-15)12-28-19(23)8-9-22-30(25,26)16-5-2-14(21)3-6-16/h2-7,10-11,22H,8-9,12H2,1H3. The molecule has 0 unspecified atom stereocenters. The molecule has 0 aliphatic heterocycles. The largest absolute Gasteiger partial charge is 0.497 e. The molecule has 3 aromatic rings. The summed E-state index contributed by atoms with van der Waals surface area (Å²) < 4.78 is 54.7. The molecule has 1 aromatic heterocycles. The molecule has 0 bridgehead atoms. The van der Waals surface area contributed by atoms with Crippen LogP contribution in [0.3, 0.4) is 0 Å². The Morgan fingerprint density at radius 1 is 1.13 bits per heavy atom. The van der Waals surface area contributed by atoms with Crippen molar-refractivity contribution in [2.45, 2.75) is 17.9 Å². The molecule has 0 aliphatic carbocycles. The quantitative estimate of drug-likeness (QED) is 0.427. The van der Waals surface area contributed by atoms with E-state index in [4.69, 9.17) is 13.9 Å². The second-order valence-corrected chi connectivity index (χ2v) is 7.98. The lowest BCUT2D eigenvalue weighted by Crippen LogP contribution is -2.26. The van der Waals surface area contributed by atoms with Gasteiger partial charge in [0.25, 0.3) is 0 Å².